The van der Waals surface area contributed by atoms with E-state index >= 15 is 0 Å². The van der Waals surface area contributed by atoms with Crippen molar-refractivity contribution < 1.29 is 19.4 Å². The molecule has 7 heteroatoms. The molecule has 3 aliphatic heterocycles. The molecule has 2 aromatic carbocycles. The zero-order chi connectivity index (χ0) is 21.2. The van der Waals surface area contributed by atoms with E-state index in [-0.39, 0.29) is 36.1 Å². The lowest BCUT2D eigenvalue weighted by molar-refractivity contribution is -0.139. The van der Waals surface area contributed by atoms with Gasteiger partial charge in [0.25, 0.3) is 0 Å². The molecule has 2 saturated heterocycles. The minimum Gasteiger partial charge on any atom is -0.454 e. The molecule has 4 atom stereocenters. The predicted molar refractivity (Wildman–Crippen MR) is 115 cm³/mol. The summed E-state index contributed by atoms with van der Waals surface area (Å²) in [5, 5.41) is 11.3. The molecule has 0 radical (unpaired) electrons. The van der Waals surface area contributed by atoms with Crippen LogP contribution in [0.5, 0.6) is 11.5 Å². The summed E-state index contributed by atoms with van der Waals surface area (Å²) in [4.78, 5) is 17.5. The summed E-state index contributed by atoms with van der Waals surface area (Å²) in [6, 6.07) is 13.7. The number of amides is 1. The van der Waals surface area contributed by atoms with Crippen LogP contribution in [-0.4, -0.2) is 46.4 Å². The Morgan fingerprint density at radius 3 is 2.57 bits per heavy atom. The standard InChI is InChI=1S/C23H25BrN2O4/c1-23(2)19-18(20(25(23)3)14-5-7-15(24)8-6-14)21(27)26(22(19)28)11-13-4-9-16-17(10-13)30-12-29-16/h4-10,18-20,22,28H,11-12H2,1-3H3. The first-order valence-corrected chi connectivity index (χ1v) is 10.9. The van der Waals surface area contributed by atoms with E-state index in [0.29, 0.717) is 18.0 Å². The van der Waals surface area contributed by atoms with Crippen LogP contribution in [0.1, 0.15) is 31.0 Å². The van der Waals surface area contributed by atoms with Gasteiger partial charge in [0.05, 0.1) is 5.92 Å². The minimum atomic E-state index is -0.842. The third kappa shape index (κ3) is 2.87. The van der Waals surface area contributed by atoms with E-state index in [1.807, 2.05) is 37.4 Å². The second-order valence-electron chi connectivity index (χ2n) is 8.88. The number of fused-ring (bicyclic) bond motifs is 2. The van der Waals surface area contributed by atoms with Gasteiger partial charge in [-0.2, -0.15) is 0 Å². The Hall–Kier alpha value is -2.09. The van der Waals surface area contributed by atoms with E-state index in [1.165, 1.54) is 0 Å². The molecule has 2 aromatic rings. The quantitative estimate of drug-likeness (QED) is 0.739. The van der Waals surface area contributed by atoms with Crippen molar-refractivity contribution in [2.45, 2.75) is 38.2 Å². The summed E-state index contributed by atoms with van der Waals surface area (Å²) >= 11 is 3.49. The summed E-state index contributed by atoms with van der Waals surface area (Å²) in [6.45, 7) is 4.79. The van der Waals surface area contributed by atoms with E-state index < -0.39 is 6.23 Å². The Bertz CT molecular complexity index is 993. The number of rotatable bonds is 3. The Labute approximate surface area is 184 Å². The molecule has 0 bridgehead atoms. The Balaban J connectivity index is 1.48. The fourth-order valence-corrected chi connectivity index (χ4v) is 5.59. The Kier molecular flexibility index (Phi) is 4.61. The van der Waals surface area contributed by atoms with E-state index in [0.717, 1.165) is 15.6 Å². The van der Waals surface area contributed by atoms with Crippen molar-refractivity contribution >= 4 is 21.8 Å². The summed E-state index contributed by atoms with van der Waals surface area (Å²) in [5.74, 6) is 0.909. The number of hydrogen-bond acceptors (Lipinski definition) is 5. The molecule has 0 saturated carbocycles. The van der Waals surface area contributed by atoms with Crippen LogP contribution in [-0.2, 0) is 11.3 Å². The van der Waals surface area contributed by atoms with E-state index in [9.17, 15) is 9.90 Å². The fourth-order valence-electron chi connectivity index (χ4n) is 5.32. The Morgan fingerprint density at radius 2 is 1.83 bits per heavy atom. The van der Waals surface area contributed by atoms with Gasteiger partial charge in [0.2, 0.25) is 12.7 Å². The number of aliphatic hydroxyl groups is 1. The molecule has 0 aromatic heterocycles. The largest absolute Gasteiger partial charge is 0.454 e. The number of aliphatic hydroxyl groups excluding tert-OH is 1. The second-order valence-corrected chi connectivity index (χ2v) is 9.80. The molecule has 2 fully saturated rings. The molecule has 1 N–H and O–H groups in total. The number of likely N-dealkylation sites (tertiary alicyclic amines) is 2. The molecule has 5 rings (SSSR count). The topological polar surface area (TPSA) is 62.2 Å². The maximum Gasteiger partial charge on any atom is 0.231 e. The van der Waals surface area contributed by atoms with Gasteiger partial charge in [-0.15, -0.1) is 0 Å². The third-order valence-electron chi connectivity index (χ3n) is 7.08. The number of hydrogen-bond donors (Lipinski definition) is 1. The summed E-state index contributed by atoms with van der Waals surface area (Å²) < 4.78 is 11.8. The lowest BCUT2D eigenvalue weighted by Gasteiger charge is -2.38. The van der Waals surface area contributed by atoms with E-state index in [4.69, 9.17) is 9.47 Å². The third-order valence-corrected chi connectivity index (χ3v) is 7.61. The number of benzene rings is 2. The Morgan fingerprint density at radius 1 is 1.13 bits per heavy atom. The summed E-state index contributed by atoms with van der Waals surface area (Å²) in [6.07, 6.45) is -0.842. The highest BCUT2D eigenvalue weighted by Gasteiger charge is 2.64. The molecule has 6 nitrogen and oxygen atoms in total. The SMILES string of the molecule is CN1C(c2ccc(Br)cc2)C2C(=O)N(Cc3ccc4c(c3)OCO4)C(O)C2C1(C)C. The number of carbonyl (C=O) groups excluding carboxylic acids is 1. The van der Waals surface area contributed by atoms with Crippen LogP contribution in [0.15, 0.2) is 46.9 Å². The van der Waals surface area contributed by atoms with Crippen molar-refractivity contribution in [3.63, 3.8) is 0 Å². The molecule has 3 heterocycles. The predicted octanol–water partition coefficient (Wildman–Crippen LogP) is 3.54. The average molecular weight is 473 g/mol. The molecule has 30 heavy (non-hydrogen) atoms. The molecule has 4 unspecified atom stereocenters. The normalized spacial score (nSPS) is 29.5. The van der Waals surface area contributed by atoms with Crippen LogP contribution < -0.4 is 9.47 Å². The highest BCUT2D eigenvalue weighted by atomic mass is 79.9. The van der Waals surface area contributed by atoms with Crippen LogP contribution in [0.4, 0.5) is 0 Å². The van der Waals surface area contributed by atoms with Gasteiger partial charge in [-0.3, -0.25) is 9.69 Å². The number of ether oxygens (including phenoxy) is 2. The molecule has 0 aliphatic carbocycles. The van der Waals surface area contributed by atoms with E-state index in [1.54, 1.807) is 4.90 Å². The van der Waals surface area contributed by atoms with Gasteiger partial charge in [-0.1, -0.05) is 34.1 Å². The molecular formula is C23H25BrN2O4. The van der Waals surface area contributed by atoms with Gasteiger partial charge >= 0.3 is 0 Å². The van der Waals surface area contributed by atoms with E-state index in [2.05, 4.69) is 46.8 Å². The van der Waals surface area contributed by atoms with Crippen LogP contribution in [0.25, 0.3) is 0 Å². The van der Waals surface area contributed by atoms with Crippen molar-refractivity contribution in [1.82, 2.24) is 9.80 Å². The molecule has 158 valence electrons. The van der Waals surface area contributed by atoms with Gasteiger partial charge in [-0.05, 0) is 56.3 Å². The monoisotopic (exact) mass is 472 g/mol. The zero-order valence-corrected chi connectivity index (χ0v) is 18.8. The highest BCUT2D eigenvalue weighted by Crippen LogP contribution is 2.55. The van der Waals surface area contributed by atoms with Gasteiger partial charge in [-0.25, -0.2) is 0 Å². The first-order chi connectivity index (χ1) is 14.3. The fraction of sp³-hybridized carbons (Fsp3) is 0.435. The van der Waals surface area contributed by atoms with Crippen molar-refractivity contribution in [2.24, 2.45) is 11.8 Å². The van der Waals surface area contributed by atoms with Gasteiger partial charge in [0.1, 0.15) is 6.23 Å². The van der Waals surface area contributed by atoms with Crippen molar-refractivity contribution in [2.75, 3.05) is 13.8 Å². The first-order valence-electron chi connectivity index (χ1n) is 10.1. The lowest BCUT2D eigenvalue weighted by Crippen LogP contribution is -2.48. The maximum atomic E-state index is 13.6. The van der Waals surface area contributed by atoms with Crippen LogP contribution in [0.2, 0.25) is 0 Å². The van der Waals surface area contributed by atoms with Crippen molar-refractivity contribution in [3.05, 3.63) is 58.1 Å². The second kappa shape index (κ2) is 6.97. The lowest BCUT2D eigenvalue weighted by atomic mass is 9.81. The zero-order valence-electron chi connectivity index (χ0n) is 17.2. The molecule has 0 spiro atoms. The molecular weight excluding hydrogens is 448 g/mol. The number of halogens is 1. The number of nitrogens with zero attached hydrogens (tertiary/aromatic N) is 2. The van der Waals surface area contributed by atoms with Crippen molar-refractivity contribution in [3.8, 4) is 11.5 Å². The first kappa shape index (κ1) is 19.8. The maximum absolute atomic E-state index is 13.6. The van der Waals surface area contributed by atoms with Gasteiger partial charge in [0, 0.05) is 28.5 Å². The van der Waals surface area contributed by atoms with Gasteiger partial charge in [0.15, 0.2) is 11.5 Å². The van der Waals surface area contributed by atoms with Crippen LogP contribution in [0, 0.1) is 11.8 Å². The van der Waals surface area contributed by atoms with Crippen molar-refractivity contribution in [1.29, 1.82) is 0 Å². The molecule has 1 amide bonds. The van der Waals surface area contributed by atoms with Crippen LogP contribution >= 0.6 is 15.9 Å². The smallest absolute Gasteiger partial charge is 0.231 e. The molecule has 3 aliphatic rings. The summed E-state index contributed by atoms with van der Waals surface area (Å²) in [7, 11) is 2.05. The summed E-state index contributed by atoms with van der Waals surface area (Å²) in [5.41, 5.74) is 1.67. The number of carbonyl (C=O) groups is 1. The average Bonchev–Trinajstić information content (AvgIpc) is 3.33. The minimum absolute atomic E-state index is 0.00416. The van der Waals surface area contributed by atoms with Crippen LogP contribution in [0.3, 0.4) is 0 Å². The highest BCUT2D eigenvalue weighted by molar-refractivity contribution is 9.10. The van der Waals surface area contributed by atoms with Gasteiger partial charge < -0.3 is 19.5 Å².